The average molecular weight is 1020 g/mol. The standard InChI is InChI=1S/C68H106O6/c1-4-7-10-13-16-19-22-24-25-26-27-28-29-30-31-32-33-34-35-36-37-38-39-40-41-42-43-45-46-49-52-55-58-61-67(70)73-64-65(63-72-66(69)60-57-54-51-48-21-18-15-12-9-6-3)74-68(71)62-59-56-53-50-47-44-23-20-17-14-11-8-5-2/h7,10-12,14-16,19-20,23-25,27-28,30-31,33-34,36-37,39-40,42-43,46,49,65H,4-6,8-9,13,17-18,21-22,26,29,32,35,38,41,44-45,47-48,50-64H2,1-3H3/b10-7-,14-11-,15-12-,19-16-,23-20-,25-24-,28-27-,31-30-,34-33-,37-36-,40-39-,43-42-,49-46-. The summed E-state index contributed by atoms with van der Waals surface area (Å²) in [6.07, 6.45) is 88.3. The normalized spacial score (nSPS) is 13.3. The van der Waals surface area contributed by atoms with Gasteiger partial charge in [-0.15, -0.1) is 0 Å². The minimum Gasteiger partial charge on any atom is -0.462 e. The first-order valence-corrected chi connectivity index (χ1v) is 29.5. The Hall–Kier alpha value is -4.97. The first kappa shape index (κ1) is 69.0. The number of ether oxygens (including phenoxy) is 3. The van der Waals surface area contributed by atoms with Crippen LogP contribution in [0.2, 0.25) is 0 Å². The van der Waals surface area contributed by atoms with Gasteiger partial charge in [-0.05, 0) is 141 Å². The maximum absolute atomic E-state index is 12.8. The van der Waals surface area contributed by atoms with Crippen LogP contribution < -0.4 is 0 Å². The van der Waals surface area contributed by atoms with Crippen molar-refractivity contribution in [2.75, 3.05) is 13.2 Å². The molecule has 0 aliphatic carbocycles. The third-order valence-corrected chi connectivity index (χ3v) is 11.7. The van der Waals surface area contributed by atoms with Crippen molar-refractivity contribution in [3.05, 3.63) is 158 Å². The van der Waals surface area contributed by atoms with E-state index in [1.165, 1.54) is 19.3 Å². The maximum Gasteiger partial charge on any atom is 0.306 e. The van der Waals surface area contributed by atoms with Gasteiger partial charge in [-0.25, -0.2) is 0 Å². The fourth-order valence-electron chi connectivity index (χ4n) is 7.33. The van der Waals surface area contributed by atoms with Gasteiger partial charge in [0.2, 0.25) is 0 Å². The Morgan fingerprint density at radius 2 is 0.527 bits per heavy atom. The molecule has 0 aromatic carbocycles. The SMILES string of the molecule is CC/C=C\C/C=C\C/C=C\C/C=C\C/C=C\C/C=C\C/C=C\C/C=C\C/C=C\C/C=C\CCCCC(=O)OCC(COC(=O)CCCCCCC/C=C\CCC)OC(=O)CCCCCCC/C=C\C/C=C\CCC. The minimum absolute atomic E-state index is 0.108. The molecule has 6 heteroatoms. The summed E-state index contributed by atoms with van der Waals surface area (Å²) in [5.74, 6) is -0.989. The largest absolute Gasteiger partial charge is 0.462 e. The second kappa shape index (κ2) is 60.6. The van der Waals surface area contributed by atoms with Crippen molar-refractivity contribution in [3.63, 3.8) is 0 Å². The Balaban J connectivity index is 4.33. The molecule has 74 heavy (non-hydrogen) atoms. The van der Waals surface area contributed by atoms with E-state index in [1.807, 2.05) is 0 Å². The van der Waals surface area contributed by atoms with E-state index < -0.39 is 6.10 Å². The smallest absolute Gasteiger partial charge is 0.306 e. The molecule has 6 nitrogen and oxygen atoms in total. The fourth-order valence-corrected chi connectivity index (χ4v) is 7.33. The van der Waals surface area contributed by atoms with Crippen LogP contribution >= 0.6 is 0 Å². The minimum atomic E-state index is -0.812. The molecule has 0 bridgehead atoms. The number of allylic oxidation sites excluding steroid dienone is 26. The van der Waals surface area contributed by atoms with E-state index >= 15 is 0 Å². The van der Waals surface area contributed by atoms with E-state index in [9.17, 15) is 14.4 Å². The number of carbonyl (C=O) groups excluding carboxylic acids is 3. The zero-order chi connectivity index (χ0) is 53.6. The average Bonchev–Trinajstić information content (AvgIpc) is 3.40. The molecule has 0 aromatic rings. The highest BCUT2D eigenvalue weighted by molar-refractivity contribution is 5.71. The Kier molecular flexibility index (Phi) is 56.5. The lowest BCUT2D eigenvalue weighted by Crippen LogP contribution is -2.30. The molecule has 0 saturated carbocycles. The van der Waals surface area contributed by atoms with E-state index in [2.05, 4.69) is 179 Å². The highest BCUT2D eigenvalue weighted by atomic mass is 16.6. The topological polar surface area (TPSA) is 78.9 Å². The highest BCUT2D eigenvalue weighted by Gasteiger charge is 2.19. The van der Waals surface area contributed by atoms with Crippen molar-refractivity contribution in [1.29, 1.82) is 0 Å². The predicted molar refractivity (Wildman–Crippen MR) is 320 cm³/mol. The molecule has 1 unspecified atom stereocenters. The molecule has 0 aliphatic heterocycles. The van der Waals surface area contributed by atoms with Crippen LogP contribution in [0.1, 0.15) is 233 Å². The van der Waals surface area contributed by atoms with E-state index in [-0.39, 0.29) is 31.1 Å². The van der Waals surface area contributed by atoms with Crippen molar-refractivity contribution in [2.45, 2.75) is 239 Å². The molecule has 0 aliphatic rings. The summed E-state index contributed by atoms with van der Waals surface area (Å²) in [6, 6.07) is 0. The van der Waals surface area contributed by atoms with Gasteiger partial charge in [0.05, 0.1) is 0 Å². The molecule has 0 aromatic heterocycles. The first-order valence-electron chi connectivity index (χ1n) is 29.5. The number of carbonyl (C=O) groups is 3. The van der Waals surface area contributed by atoms with Gasteiger partial charge in [0, 0.05) is 19.3 Å². The van der Waals surface area contributed by atoms with Crippen LogP contribution in [-0.4, -0.2) is 37.2 Å². The van der Waals surface area contributed by atoms with E-state index in [4.69, 9.17) is 14.2 Å². The van der Waals surface area contributed by atoms with Gasteiger partial charge in [0.1, 0.15) is 13.2 Å². The Bertz CT molecular complexity index is 1690. The molecule has 0 amide bonds. The summed E-state index contributed by atoms with van der Waals surface area (Å²) in [6.45, 7) is 6.32. The van der Waals surface area contributed by atoms with Crippen LogP contribution in [-0.2, 0) is 28.6 Å². The van der Waals surface area contributed by atoms with Crippen molar-refractivity contribution < 1.29 is 28.6 Å². The van der Waals surface area contributed by atoms with Gasteiger partial charge in [-0.3, -0.25) is 14.4 Å². The summed E-state index contributed by atoms with van der Waals surface area (Å²) in [7, 11) is 0. The Morgan fingerprint density at radius 1 is 0.284 bits per heavy atom. The van der Waals surface area contributed by atoms with E-state index in [1.54, 1.807) is 0 Å². The Labute approximate surface area is 454 Å². The van der Waals surface area contributed by atoms with Crippen LogP contribution in [0.15, 0.2) is 158 Å². The second-order valence-corrected chi connectivity index (χ2v) is 18.8. The third-order valence-electron chi connectivity index (χ3n) is 11.7. The second-order valence-electron chi connectivity index (χ2n) is 18.8. The molecular formula is C68H106O6. The number of hydrogen-bond acceptors (Lipinski definition) is 6. The Morgan fingerprint density at radius 3 is 0.878 bits per heavy atom. The van der Waals surface area contributed by atoms with Gasteiger partial charge in [0.25, 0.3) is 0 Å². The molecular weight excluding hydrogens is 913 g/mol. The molecule has 0 N–H and O–H groups in total. The van der Waals surface area contributed by atoms with E-state index in [0.717, 1.165) is 167 Å². The van der Waals surface area contributed by atoms with Gasteiger partial charge < -0.3 is 14.2 Å². The van der Waals surface area contributed by atoms with Crippen molar-refractivity contribution in [3.8, 4) is 0 Å². The van der Waals surface area contributed by atoms with Crippen molar-refractivity contribution >= 4 is 17.9 Å². The van der Waals surface area contributed by atoms with Crippen LogP contribution in [0.25, 0.3) is 0 Å². The molecule has 0 fully saturated rings. The summed E-state index contributed by atoms with van der Waals surface area (Å²) < 4.78 is 16.7. The molecule has 1 atom stereocenters. The molecule has 0 radical (unpaired) electrons. The zero-order valence-corrected chi connectivity index (χ0v) is 47.3. The molecule has 0 saturated heterocycles. The number of rotatable bonds is 51. The molecule has 414 valence electrons. The summed E-state index contributed by atoms with van der Waals surface area (Å²) in [5.41, 5.74) is 0. The molecule has 0 heterocycles. The first-order chi connectivity index (χ1) is 36.5. The number of esters is 3. The van der Waals surface area contributed by atoms with Crippen LogP contribution in [0.4, 0.5) is 0 Å². The molecule has 0 rings (SSSR count). The zero-order valence-electron chi connectivity index (χ0n) is 47.3. The lowest BCUT2D eigenvalue weighted by Gasteiger charge is -2.18. The highest BCUT2D eigenvalue weighted by Crippen LogP contribution is 2.13. The molecule has 0 spiro atoms. The summed E-state index contributed by atoms with van der Waals surface area (Å²) >= 11 is 0. The van der Waals surface area contributed by atoms with Gasteiger partial charge >= 0.3 is 17.9 Å². The van der Waals surface area contributed by atoms with Crippen LogP contribution in [0.5, 0.6) is 0 Å². The lowest BCUT2D eigenvalue weighted by atomic mass is 10.1. The summed E-state index contributed by atoms with van der Waals surface area (Å²) in [5, 5.41) is 0. The van der Waals surface area contributed by atoms with Crippen LogP contribution in [0, 0.1) is 0 Å². The monoisotopic (exact) mass is 1020 g/mol. The maximum atomic E-state index is 12.8. The number of unbranched alkanes of at least 4 members (excludes halogenated alkanes) is 14. The van der Waals surface area contributed by atoms with E-state index in [0.29, 0.717) is 25.7 Å². The summed E-state index contributed by atoms with van der Waals surface area (Å²) in [4.78, 5) is 38.0. The third kappa shape index (κ3) is 57.9. The lowest BCUT2D eigenvalue weighted by molar-refractivity contribution is -0.167. The van der Waals surface area contributed by atoms with Crippen LogP contribution in [0.3, 0.4) is 0 Å². The van der Waals surface area contributed by atoms with Gasteiger partial charge in [-0.1, -0.05) is 230 Å². The van der Waals surface area contributed by atoms with Gasteiger partial charge in [0.15, 0.2) is 6.10 Å². The quantitative estimate of drug-likeness (QED) is 0.0261. The fraction of sp³-hybridized carbons (Fsp3) is 0.574. The van der Waals surface area contributed by atoms with Crippen molar-refractivity contribution in [1.82, 2.24) is 0 Å². The van der Waals surface area contributed by atoms with Crippen molar-refractivity contribution in [2.24, 2.45) is 0 Å². The van der Waals surface area contributed by atoms with Gasteiger partial charge in [-0.2, -0.15) is 0 Å². The predicted octanol–water partition coefficient (Wildman–Crippen LogP) is 20.1. The number of hydrogen-bond donors (Lipinski definition) is 0.